The van der Waals surface area contributed by atoms with E-state index < -0.39 is 17.7 Å². The molecule has 2 aromatic carbocycles. The Morgan fingerprint density at radius 2 is 1.94 bits per heavy atom. The van der Waals surface area contributed by atoms with Crippen molar-refractivity contribution in [2.75, 3.05) is 0 Å². The van der Waals surface area contributed by atoms with Crippen LogP contribution in [0.5, 0.6) is 0 Å². The van der Waals surface area contributed by atoms with E-state index in [0.29, 0.717) is 22.6 Å². The molecule has 0 amide bonds. The van der Waals surface area contributed by atoms with Crippen LogP contribution in [0.4, 0.5) is 4.39 Å². The first-order valence-corrected chi connectivity index (χ1v) is 10.6. The van der Waals surface area contributed by atoms with Gasteiger partial charge in [0.25, 0.3) is 0 Å². The Kier molecular flexibility index (Phi) is 5.90. The monoisotopic (exact) mass is 437 g/mol. The van der Waals surface area contributed by atoms with Crippen molar-refractivity contribution in [2.24, 2.45) is 5.92 Å². The van der Waals surface area contributed by atoms with Crippen molar-refractivity contribution in [3.05, 3.63) is 70.7 Å². The molecule has 2 aromatic heterocycles. The summed E-state index contributed by atoms with van der Waals surface area (Å²) in [5.41, 5.74) is 2.71. The molecular weight excluding hydrogens is 417 g/mol. The standard InChI is InChI=1S/C23H20FN3O3S/c1-13-19(27-22(31-13)14-5-3-2-4-6-14)12-17(28)9-15(23(29)30)10-21-25-18-8-7-16(24)11-20(18)26-21/h2-8,11,15H,9-10,12H2,1H3,(H,25,26)(H,29,30)/t15-/m1/s1. The number of aliphatic carboxylic acids is 1. The van der Waals surface area contributed by atoms with Crippen LogP contribution in [0.25, 0.3) is 21.6 Å². The van der Waals surface area contributed by atoms with Gasteiger partial charge in [0.15, 0.2) is 0 Å². The second-order valence-corrected chi connectivity index (χ2v) is 8.59. The van der Waals surface area contributed by atoms with Crippen LogP contribution in [0, 0.1) is 18.7 Å². The van der Waals surface area contributed by atoms with E-state index in [-0.39, 0.29) is 25.0 Å². The van der Waals surface area contributed by atoms with E-state index in [1.54, 1.807) is 0 Å². The van der Waals surface area contributed by atoms with Gasteiger partial charge in [-0.2, -0.15) is 0 Å². The summed E-state index contributed by atoms with van der Waals surface area (Å²) in [6.07, 6.45) is 0.0192. The third-order valence-corrected chi connectivity index (χ3v) is 6.10. The zero-order chi connectivity index (χ0) is 22.0. The maximum atomic E-state index is 13.4. The van der Waals surface area contributed by atoms with Crippen LogP contribution in [0.1, 0.15) is 22.8 Å². The predicted molar refractivity (Wildman–Crippen MR) is 116 cm³/mol. The van der Waals surface area contributed by atoms with Gasteiger partial charge in [-0.1, -0.05) is 30.3 Å². The molecule has 158 valence electrons. The number of aromatic amines is 1. The van der Waals surface area contributed by atoms with Gasteiger partial charge in [-0.3, -0.25) is 9.59 Å². The number of ketones is 1. The van der Waals surface area contributed by atoms with Crippen LogP contribution >= 0.6 is 11.3 Å². The average Bonchev–Trinajstić information content (AvgIpc) is 3.30. The average molecular weight is 437 g/mol. The third kappa shape index (κ3) is 4.86. The third-order valence-electron chi connectivity index (χ3n) is 5.03. The van der Waals surface area contributed by atoms with Gasteiger partial charge in [0.05, 0.1) is 22.6 Å². The molecule has 8 heteroatoms. The second-order valence-electron chi connectivity index (χ2n) is 7.39. The van der Waals surface area contributed by atoms with Crippen LogP contribution in [-0.4, -0.2) is 31.8 Å². The number of carbonyl (C=O) groups excluding carboxylic acids is 1. The number of fused-ring (bicyclic) bond motifs is 1. The smallest absolute Gasteiger partial charge is 0.307 e. The van der Waals surface area contributed by atoms with Gasteiger partial charge in [-0.05, 0) is 25.1 Å². The SMILES string of the molecule is Cc1sc(-c2ccccc2)nc1CC(=O)C[C@H](Cc1nc2ccc(F)cc2[nH]1)C(=O)O. The summed E-state index contributed by atoms with van der Waals surface area (Å²) in [7, 11) is 0. The van der Waals surface area contributed by atoms with E-state index in [1.807, 2.05) is 37.3 Å². The molecule has 31 heavy (non-hydrogen) atoms. The number of carboxylic acids is 1. The maximum Gasteiger partial charge on any atom is 0.307 e. The van der Waals surface area contributed by atoms with E-state index >= 15 is 0 Å². The molecule has 0 radical (unpaired) electrons. The minimum Gasteiger partial charge on any atom is -0.481 e. The van der Waals surface area contributed by atoms with Crippen molar-refractivity contribution in [3.63, 3.8) is 0 Å². The maximum absolute atomic E-state index is 13.4. The fourth-order valence-electron chi connectivity index (χ4n) is 3.44. The number of thiazole rings is 1. The van der Waals surface area contributed by atoms with Gasteiger partial charge in [-0.25, -0.2) is 14.4 Å². The normalized spacial score (nSPS) is 12.2. The largest absolute Gasteiger partial charge is 0.481 e. The molecule has 0 saturated carbocycles. The molecule has 0 aliphatic heterocycles. The molecule has 1 atom stereocenters. The summed E-state index contributed by atoms with van der Waals surface area (Å²) in [5.74, 6) is -2.17. The van der Waals surface area contributed by atoms with Crippen molar-refractivity contribution >= 4 is 34.1 Å². The molecule has 0 aliphatic carbocycles. The number of aryl methyl sites for hydroxylation is 1. The lowest BCUT2D eigenvalue weighted by Crippen LogP contribution is -2.22. The van der Waals surface area contributed by atoms with Gasteiger partial charge in [0.1, 0.15) is 22.4 Å². The van der Waals surface area contributed by atoms with Gasteiger partial charge in [0, 0.05) is 29.7 Å². The number of H-pyrrole nitrogens is 1. The molecule has 0 spiro atoms. The van der Waals surface area contributed by atoms with Gasteiger partial charge in [-0.15, -0.1) is 11.3 Å². The molecule has 0 fully saturated rings. The van der Waals surface area contributed by atoms with Crippen molar-refractivity contribution in [1.29, 1.82) is 0 Å². The highest BCUT2D eigenvalue weighted by Crippen LogP contribution is 2.28. The lowest BCUT2D eigenvalue weighted by Gasteiger charge is -2.09. The van der Waals surface area contributed by atoms with Gasteiger partial charge in [0.2, 0.25) is 0 Å². The van der Waals surface area contributed by atoms with Gasteiger partial charge < -0.3 is 10.1 Å². The molecule has 0 aliphatic rings. The number of benzene rings is 2. The topological polar surface area (TPSA) is 95.9 Å². The fraction of sp³-hybridized carbons (Fsp3) is 0.217. The number of nitrogens with zero attached hydrogens (tertiary/aromatic N) is 2. The molecule has 0 bridgehead atoms. The van der Waals surface area contributed by atoms with Crippen molar-refractivity contribution in [1.82, 2.24) is 15.0 Å². The summed E-state index contributed by atoms with van der Waals surface area (Å²) in [4.78, 5) is 37.2. The molecule has 2 heterocycles. The van der Waals surface area contributed by atoms with Gasteiger partial charge >= 0.3 is 5.97 Å². The zero-order valence-electron chi connectivity index (χ0n) is 16.8. The Morgan fingerprint density at radius 1 is 1.16 bits per heavy atom. The highest BCUT2D eigenvalue weighted by molar-refractivity contribution is 7.15. The molecule has 0 saturated heterocycles. The quantitative estimate of drug-likeness (QED) is 0.421. The molecule has 0 unspecified atom stereocenters. The second kappa shape index (κ2) is 8.77. The summed E-state index contributed by atoms with van der Waals surface area (Å²) in [6, 6.07) is 13.8. The molecule has 6 nitrogen and oxygen atoms in total. The number of nitrogens with one attached hydrogen (secondary N) is 1. The van der Waals surface area contributed by atoms with E-state index in [0.717, 1.165) is 15.4 Å². The molecular formula is C23H20FN3O3S. The summed E-state index contributed by atoms with van der Waals surface area (Å²) < 4.78 is 13.4. The van der Waals surface area contributed by atoms with Crippen LogP contribution < -0.4 is 0 Å². The number of aromatic nitrogens is 3. The first-order chi connectivity index (χ1) is 14.9. The molecule has 2 N–H and O–H groups in total. The van der Waals surface area contributed by atoms with E-state index in [9.17, 15) is 19.1 Å². The molecule has 4 aromatic rings. The zero-order valence-corrected chi connectivity index (χ0v) is 17.6. The van der Waals surface area contributed by atoms with Crippen molar-refractivity contribution in [2.45, 2.75) is 26.2 Å². The lowest BCUT2D eigenvalue weighted by molar-refractivity contribution is -0.143. The number of rotatable bonds is 8. The van der Waals surface area contributed by atoms with Crippen LogP contribution in [0.2, 0.25) is 0 Å². The lowest BCUT2D eigenvalue weighted by atomic mass is 9.96. The first-order valence-electron chi connectivity index (χ1n) is 9.79. The number of imidazole rings is 1. The summed E-state index contributed by atoms with van der Waals surface area (Å²) in [5, 5.41) is 10.4. The first kappa shape index (κ1) is 20.9. The van der Waals surface area contributed by atoms with Crippen LogP contribution in [0.3, 0.4) is 0 Å². The van der Waals surface area contributed by atoms with E-state index in [2.05, 4.69) is 15.0 Å². The predicted octanol–water partition coefficient (Wildman–Crippen LogP) is 4.58. The summed E-state index contributed by atoms with van der Waals surface area (Å²) >= 11 is 1.52. The number of Topliss-reactive ketones (excluding diaryl/α,β-unsaturated/α-hetero) is 1. The molecule has 4 rings (SSSR count). The van der Waals surface area contributed by atoms with Crippen molar-refractivity contribution < 1.29 is 19.1 Å². The summed E-state index contributed by atoms with van der Waals surface area (Å²) in [6.45, 7) is 1.91. The number of hydrogen-bond donors (Lipinski definition) is 2. The Labute approximate surface area is 181 Å². The Hall–Kier alpha value is -3.39. The number of halogens is 1. The Bertz CT molecular complexity index is 1250. The Morgan fingerprint density at radius 3 is 2.68 bits per heavy atom. The minimum atomic E-state index is -1.07. The fourth-order valence-corrected chi connectivity index (χ4v) is 4.38. The Balaban J connectivity index is 1.45. The minimum absolute atomic E-state index is 0.0582. The number of carboxylic acid groups (broad SMARTS) is 1. The number of carbonyl (C=O) groups is 2. The van der Waals surface area contributed by atoms with Crippen LogP contribution in [-0.2, 0) is 22.4 Å². The highest BCUT2D eigenvalue weighted by atomic mass is 32.1. The highest BCUT2D eigenvalue weighted by Gasteiger charge is 2.24. The number of hydrogen-bond acceptors (Lipinski definition) is 5. The van der Waals surface area contributed by atoms with E-state index in [1.165, 1.54) is 29.5 Å². The van der Waals surface area contributed by atoms with Crippen molar-refractivity contribution in [3.8, 4) is 10.6 Å². The van der Waals surface area contributed by atoms with E-state index in [4.69, 9.17) is 0 Å². The van der Waals surface area contributed by atoms with Crippen LogP contribution in [0.15, 0.2) is 48.5 Å².